The van der Waals surface area contributed by atoms with E-state index in [4.69, 9.17) is 9.72 Å². The molecule has 3 heterocycles. The summed E-state index contributed by atoms with van der Waals surface area (Å²) in [7, 11) is 1.60. The maximum absolute atomic E-state index is 14.0. The van der Waals surface area contributed by atoms with Gasteiger partial charge in [-0.3, -0.25) is 19.1 Å². The zero-order chi connectivity index (χ0) is 26.8. The van der Waals surface area contributed by atoms with Gasteiger partial charge < -0.3 is 4.74 Å². The maximum Gasteiger partial charge on any atom is 0.267 e. The molecule has 5 aromatic rings. The van der Waals surface area contributed by atoms with Crippen LogP contribution in [-0.4, -0.2) is 39.6 Å². The molecule has 1 aliphatic rings. The molecule has 0 aliphatic carbocycles. The molecule has 0 radical (unpaired) electrons. The lowest BCUT2D eigenvalue weighted by Gasteiger charge is -2.26. The molecule has 0 saturated carbocycles. The zero-order valence-electron chi connectivity index (χ0n) is 21.5. The lowest BCUT2D eigenvalue weighted by molar-refractivity contribution is 0.102. The molecular formula is C31H27N3O3S2. The van der Waals surface area contributed by atoms with E-state index >= 15 is 0 Å². The van der Waals surface area contributed by atoms with Gasteiger partial charge in [0.15, 0.2) is 10.9 Å². The van der Waals surface area contributed by atoms with Gasteiger partial charge >= 0.3 is 0 Å². The largest absolute Gasteiger partial charge is 0.497 e. The number of fused-ring (bicyclic) bond motifs is 3. The summed E-state index contributed by atoms with van der Waals surface area (Å²) in [6.07, 6.45) is 0.816. The molecule has 0 N–H and O–H groups in total. The Hall–Kier alpha value is -3.72. The van der Waals surface area contributed by atoms with Gasteiger partial charge in [0.1, 0.15) is 10.6 Å². The van der Waals surface area contributed by atoms with Crippen LogP contribution in [0, 0.1) is 0 Å². The highest BCUT2D eigenvalue weighted by molar-refractivity contribution is 7.99. The number of ether oxygens (including phenoxy) is 1. The standard InChI is InChI=1S/C31H27N3O3S2/c1-37-24-14-12-22(13-15-24)26(35)20-38-31-32-29-28(30(36)34(31)23-10-6-3-7-11-23)25-16-17-33(19-27(25)39-29)18-21-8-4-2-5-9-21/h2-15H,16-20H2,1H3. The molecule has 6 nitrogen and oxygen atoms in total. The first kappa shape index (κ1) is 25.6. The number of methoxy groups -OCH3 is 1. The molecule has 0 fully saturated rings. The molecule has 1 aliphatic heterocycles. The SMILES string of the molecule is COc1ccc(C(=O)CSc2nc3sc4c(c3c(=O)n2-c2ccccc2)CCN(Cc2ccccc2)C4)cc1. The summed E-state index contributed by atoms with van der Waals surface area (Å²) in [5.41, 5.74) is 3.68. The smallest absolute Gasteiger partial charge is 0.267 e. The van der Waals surface area contributed by atoms with Crippen LogP contribution < -0.4 is 10.3 Å². The maximum atomic E-state index is 14.0. The van der Waals surface area contributed by atoms with Crippen molar-refractivity contribution in [3.8, 4) is 11.4 Å². The molecule has 39 heavy (non-hydrogen) atoms. The lowest BCUT2D eigenvalue weighted by atomic mass is 10.0. The number of carbonyl (C=O) groups is 1. The van der Waals surface area contributed by atoms with E-state index < -0.39 is 0 Å². The van der Waals surface area contributed by atoms with Crippen LogP contribution in [0.4, 0.5) is 0 Å². The van der Waals surface area contributed by atoms with Crippen molar-refractivity contribution in [2.75, 3.05) is 19.4 Å². The normalized spacial score (nSPS) is 13.4. The highest BCUT2D eigenvalue weighted by Crippen LogP contribution is 2.35. The van der Waals surface area contributed by atoms with Crippen LogP contribution in [0.15, 0.2) is 94.9 Å². The quantitative estimate of drug-likeness (QED) is 0.134. The van der Waals surface area contributed by atoms with Crippen molar-refractivity contribution in [3.05, 3.63) is 117 Å². The summed E-state index contributed by atoms with van der Waals surface area (Å²) in [6.45, 7) is 2.57. The fraction of sp³-hybridized carbons (Fsp3) is 0.194. The Labute approximate surface area is 234 Å². The minimum Gasteiger partial charge on any atom is -0.497 e. The Bertz CT molecular complexity index is 1680. The van der Waals surface area contributed by atoms with Crippen molar-refractivity contribution >= 4 is 39.1 Å². The average Bonchev–Trinajstić information content (AvgIpc) is 3.35. The molecule has 0 amide bonds. The van der Waals surface area contributed by atoms with Gasteiger partial charge in [0, 0.05) is 30.1 Å². The average molecular weight is 554 g/mol. The van der Waals surface area contributed by atoms with Crippen molar-refractivity contribution in [1.29, 1.82) is 0 Å². The van der Waals surface area contributed by atoms with E-state index in [0.717, 1.165) is 42.1 Å². The van der Waals surface area contributed by atoms with Crippen LogP contribution >= 0.6 is 23.1 Å². The molecule has 2 aromatic heterocycles. The van der Waals surface area contributed by atoms with Crippen LogP contribution in [-0.2, 0) is 19.5 Å². The summed E-state index contributed by atoms with van der Waals surface area (Å²) in [6, 6.07) is 27.1. The molecule has 0 unspecified atom stereocenters. The predicted molar refractivity (Wildman–Crippen MR) is 158 cm³/mol. The summed E-state index contributed by atoms with van der Waals surface area (Å²) >= 11 is 2.90. The van der Waals surface area contributed by atoms with Gasteiger partial charge in [-0.2, -0.15) is 0 Å². The minimum absolute atomic E-state index is 0.0290. The van der Waals surface area contributed by atoms with Gasteiger partial charge in [-0.05, 0) is 53.9 Å². The molecular weight excluding hydrogens is 526 g/mol. The number of hydrogen-bond acceptors (Lipinski definition) is 7. The first-order valence-electron chi connectivity index (χ1n) is 12.8. The van der Waals surface area contributed by atoms with Crippen LogP contribution in [0.5, 0.6) is 5.75 Å². The van der Waals surface area contributed by atoms with Crippen molar-refractivity contribution in [1.82, 2.24) is 14.5 Å². The van der Waals surface area contributed by atoms with E-state index in [9.17, 15) is 9.59 Å². The molecule has 0 spiro atoms. The predicted octanol–water partition coefficient (Wildman–Crippen LogP) is 5.99. The molecule has 196 valence electrons. The Morgan fingerprint density at radius 3 is 2.44 bits per heavy atom. The van der Waals surface area contributed by atoms with E-state index in [0.29, 0.717) is 21.9 Å². The summed E-state index contributed by atoms with van der Waals surface area (Å²) < 4.78 is 6.87. The van der Waals surface area contributed by atoms with Crippen molar-refractivity contribution in [2.45, 2.75) is 24.7 Å². The van der Waals surface area contributed by atoms with Gasteiger partial charge in [0.2, 0.25) is 0 Å². The second-order valence-electron chi connectivity index (χ2n) is 9.44. The molecule has 0 atom stereocenters. The number of thioether (sulfide) groups is 1. The number of Topliss-reactive ketones (excluding diaryl/α,β-unsaturated/α-hetero) is 1. The Morgan fingerprint density at radius 2 is 1.72 bits per heavy atom. The molecule has 8 heteroatoms. The van der Waals surface area contributed by atoms with Gasteiger partial charge in [-0.25, -0.2) is 4.98 Å². The van der Waals surface area contributed by atoms with Crippen molar-refractivity contribution < 1.29 is 9.53 Å². The van der Waals surface area contributed by atoms with Crippen molar-refractivity contribution in [3.63, 3.8) is 0 Å². The van der Waals surface area contributed by atoms with Gasteiger partial charge in [-0.15, -0.1) is 11.3 Å². The monoisotopic (exact) mass is 553 g/mol. The number of ketones is 1. The number of thiophene rings is 1. The number of para-hydroxylation sites is 1. The highest BCUT2D eigenvalue weighted by atomic mass is 32.2. The van der Waals surface area contributed by atoms with E-state index in [2.05, 4.69) is 29.2 Å². The van der Waals surface area contributed by atoms with Gasteiger partial charge in [0.05, 0.1) is 23.9 Å². The number of rotatable bonds is 8. The molecule has 3 aromatic carbocycles. The Morgan fingerprint density at radius 1 is 1.00 bits per heavy atom. The number of benzene rings is 3. The lowest BCUT2D eigenvalue weighted by Crippen LogP contribution is -2.30. The Balaban J connectivity index is 1.34. The number of carbonyl (C=O) groups excluding carboxylic acids is 1. The van der Waals surface area contributed by atoms with Gasteiger partial charge in [-0.1, -0.05) is 60.3 Å². The first-order valence-corrected chi connectivity index (χ1v) is 14.6. The second-order valence-corrected chi connectivity index (χ2v) is 11.5. The van der Waals surface area contributed by atoms with E-state index in [1.807, 2.05) is 36.4 Å². The van der Waals surface area contributed by atoms with Crippen LogP contribution in [0.3, 0.4) is 0 Å². The molecule has 0 bridgehead atoms. The van der Waals surface area contributed by atoms with Gasteiger partial charge in [0.25, 0.3) is 5.56 Å². The van der Waals surface area contributed by atoms with E-state index in [1.165, 1.54) is 22.2 Å². The topological polar surface area (TPSA) is 64.4 Å². The highest BCUT2D eigenvalue weighted by Gasteiger charge is 2.26. The fourth-order valence-electron chi connectivity index (χ4n) is 4.95. The van der Waals surface area contributed by atoms with Crippen LogP contribution in [0.2, 0.25) is 0 Å². The van der Waals surface area contributed by atoms with Crippen molar-refractivity contribution in [2.24, 2.45) is 0 Å². The van der Waals surface area contributed by atoms with Crippen LogP contribution in [0.1, 0.15) is 26.4 Å². The van der Waals surface area contributed by atoms with E-state index in [-0.39, 0.29) is 17.1 Å². The third kappa shape index (κ3) is 5.28. The Kier molecular flexibility index (Phi) is 7.32. The number of nitrogens with zero attached hydrogens (tertiary/aromatic N) is 3. The van der Waals surface area contributed by atoms with E-state index in [1.54, 1.807) is 47.3 Å². The third-order valence-corrected chi connectivity index (χ3v) is 8.98. The molecule has 6 rings (SSSR count). The number of hydrogen-bond donors (Lipinski definition) is 0. The second kappa shape index (κ2) is 11.2. The molecule has 0 saturated heterocycles. The van der Waals surface area contributed by atoms with Crippen LogP contribution in [0.25, 0.3) is 15.9 Å². The summed E-state index contributed by atoms with van der Waals surface area (Å²) in [5.74, 6) is 0.847. The summed E-state index contributed by atoms with van der Waals surface area (Å²) in [5, 5.41) is 1.24. The fourth-order valence-corrected chi connectivity index (χ4v) is 7.16. The zero-order valence-corrected chi connectivity index (χ0v) is 23.1. The minimum atomic E-state index is -0.0698. The summed E-state index contributed by atoms with van der Waals surface area (Å²) in [4.78, 5) is 36.4. The third-order valence-electron chi connectivity index (χ3n) is 6.93. The number of aromatic nitrogens is 2. The first-order chi connectivity index (χ1) is 19.1.